The number of aryl methyl sites for hydroxylation is 2. The maximum Gasteiger partial charge on any atom is 0.251 e. The molecule has 0 unspecified atom stereocenters. The van der Waals surface area contributed by atoms with Crippen LogP contribution in [0.15, 0.2) is 64.1 Å². The molecule has 0 spiro atoms. The quantitative estimate of drug-likeness (QED) is 0.228. The molecule has 0 bridgehead atoms. The Morgan fingerprint density at radius 3 is 2.63 bits per heavy atom. The largest absolute Gasteiger partial charge is 0.381 e. The van der Waals surface area contributed by atoms with Crippen molar-refractivity contribution in [2.45, 2.75) is 63.7 Å². The highest BCUT2D eigenvalue weighted by Crippen LogP contribution is 2.31. The molecule has 0 aliphatic carbocycles. The van der Waals surface area contributed by atoms with Crippen LogP contribution in [0, 0.1) is 0 Å². The molecule has 12 heteroatoms. The monoisotopic (exact) mass is 668 g/mol. The Labute approximate surface area is 261 Å². The molecule has 2 aromatic heterocycles. The number of carbonyl (C=O) groups excluding carboxylic acids is 1. The van der Waals surface area contributed by atoms with Crippen LogP contribution in [0.5, 0.6) is 0 Å². The number of nitrogens with one attached hydrogen (secondary N) is 2. The Balaban J connectivity index is 1.39. The van der Waals surface area contributed by atoms with Crippen LogP contribution in [0.25, 0.3) is 11.0 Å². The fourth-order valence-electron chi connectivity index (χ4n) is 5.33. The predicted octanol–water partition coefficient (Wildman–Crippen LogP) is 5.12. The molecular weight excluding hydrogens is 632 g/mol. The first kappa shape index (κ1) is 31.1. The van der Waals surface area contributed by atoms with E-state index in [0.29, 0.717) is 26.2 Å². The van der Waals surface area contributed by atoms with Gasteiger partial charge >= 0.3 is 0 Å². The van der Waals surface area contributed by atoms with Crippen LogP contribution in [0.4, 0.5) is 5.69 Å². The van der Waals surface area contributed by atoms with Gasteiger partial charge in [0, 0.05) is 67.2 Å². The number of fused-ring (bicyclic) bond motifs is 1. The fraction of sp³-hybridized carbons (Fsp3) is 0.387. The molecule has 3 heterocycles. The Morgan fingerprint density at radius 1 is 1.14 bits per heavy atom. The van der Waals surface area contributed by atoms with Gasteiger partial charge < -0.3 is 15.4 Å². The molecule has 2 N–H and O–H groups in total. The first-order chi connectivity index (χ1) is 20.7. The van der Waals surface area contributed by atoms with Crippen LogP contribution in [0.1, 0.15) is 53.9 Å². The molecule has 10 nitrogen and oxygen atoms in total. The third-order valence-electron chi connectivity index (χ3n) is 7.70. The smallest absolute Gasteiger partial charge is 0.251 e. The van der Waals surface area contributed by atoms with Gasteiger partial charge in [-0.2, -0.15) is 9.40 Å². The van der Waals surface area contributed by atoms with Crippen LogP contribution in [-0.2, 0) is 40.8 Å². The van der Waals surface area contributed by atoms with Crippen molar-refractivity contribution >= 4 is 48.6 Å². The van der Waals surface area contributed by atoms with Gasteiger partial charge in [-0.05, 0) is 62.1 Å². The number of benzene rings is 2. The Morgan fingerprint density at radius 2 is 1.91 bits per heavy atom. The molecule has 1 saturated heterocycles. The van der Waals surface area contributed by atoms with Gasteiger partial charge in [-0.1, -0.05) is 41.1 Å². The van der Waals surface area contributed by atoms with Crippen molar-refractivity contribution in [1.82, 2.24) is 24.4 Å². The van der Waals surface area contributed by atoms with Crippen molar-refractivity contribution < 1.29 is 17.9 Å². The standard InChI is InChI=1S/C31H37BrN6O4S/c1-4-28-26(29(35-24-12-14-42-15-13-24)27-19-34-38(5-2)30(27)36-28)18-33-31(39)22-9-7-11-25(17-22)43(40,41)37(3)20-21-8-6-10-23(32)16-21/h6-11,16-17,19,24H,4-5,12-15,18,20H2,1-3H3,(H,33,39)(H,35,36). The molecule has 1 fully saturated rings. The van der Waals surface area contributed by atoms with Crippen molar-refractivity contribution in [1.29, 1.82) is 0 Å². The van der Waals surface area contributed by atoms with E-state index in [9.17, 15) is 13.2 Å². The number of rotatable bonds is 11. The fourth-order valence-corrected chi connectivity index (χ4v) is 6.98. The lowest BCUT2D eigenvalue weighted by Gasteiger charge is -2.26. The van der Waals surface area contributed by atoms with Crippen LogP contribution >= 0.6 is 15.9 Å². The minimum atomic E-state index is -3.83. The molecule has 5 rings (SSSR count). The summed E-state index contributed by atoms with van der Waals surface area (Å²) in [5, 5.41) is 12.2. The van der Waals surface area contributed by atoms with Gasteiger partial charge in [-0.15, -0.1) is 0 Å². The van der Waals surface area contributed by atoms with Crippen molar-refractivity contribution in [3.8, 4) is 0 Å². The minimum absolute atomic E-state index is 0.0591. The summed E-state index contributed by atoms with van der Waals surface area (Å²) in [4.78, 5) is 18.4. The van der Waals surface area contributed by atoms with Gasteiger partial charge in [-0.3, -0.25) is 4.79 Å². The van der Waals surface area contributed by atoms with Crippen molar-refractivity contribution in [3.63, 3.8) is 0 Å². The molecule has 1 aliphatic rings. The summed E-state index contributed by atoms with van der Waals surface area (Å²) < 4.78 is 36.4. The van der Waals surface area contributed by atoms with Crippen LogP contribution in [-0.4, -0.2) is 59.7 Å². The van der Waals surface area contributed by atoms with Crippen molar-refractivity contribution in [3.05, 3.63) is 81.6 Å². The molecule has 0 atom stereocenters. The van der Waals surface area contributed by atoms with E-state index in [1.165, 1.54) is 23.5 Å². The van der Waals surface area contributed by atoms with E-state index in [0.717, 1.165) is 50.9 Å². The van der Waals surface area contributed by atoms with E-state index in [2.05, 4.69) is 31.7 Å². The Kier molecular flexibility index (Phi) is 9.80. The Hall–Kier alpha value is -3.32. The number of ether oxygens (including phenoxy) is 1. The summed E-state index contributed by atoms with van der Waals surface area (Å²) >= 11 is 3.43. The van der Waals surface area contributed by atoms with Crippen LogP contribution in [0.2, 0.25) is 0 Å². The number of anilines is 1. The third-order valence-corrected chi connectivity index (χ3v) is 9.99. The highest BCUT2D eigenvalue weighted by atomic mass is 79.9. The number of aromatic nitrogens is 3. The van der Waals surface area contributed by atoms with E-state index in [1.54, 1.807) is 12.1 Å². The average Bonchev–Trinajstić information content (AvgIpc) is 3.43. The third kappa shape index (κ3) is 6.93. The van der Waals surface area contributed by atoms with Crippen LogP contribution in [0.3, 0.4) is 0 Å². The van der Waals surface area contributed by atoms with Gasteiger partial charge in [-0.25, -0.2) is 18.1 Å². The summed E-state index contributed by atoms with van der Waals surface area (Å²) in [7, 11) is -2.30. The molecule has 0 radical (unpaired) electrons. The number of halogens is 1. The molecule has 228 valence electrons. The SMILES string of the molecule is CCc1nc2c(cnn2CC)c(NC2CCOCC2)c1CNC(=O)c1cccc(S(=O)(=O)N(C)Cc2cccc(Br)c2)c1. The van der Waals surface area contributed by atoms with Crippen molar-refractivity contribution in [2.75, 3.05) is 25.6 Å². The summed E-state index contributed by atoms with van der Waals surface area (Å²) in [6.45, 7) is 6.60. The number of hydrogen-bond acceptors (Lipinski definition) is 7. The zero-order valence-electron chi connectivity index (χ0n) is 24.6. The maximum atomic E-state index is 13.4. The van der Waals surface area contributed by atoms with E-state index >= 15 is 0 Å². The topological polar surface area (TPSA) is 118 Å². The van der Waals surface area contributed by atoms with Crippen molar-refractivity contribution in [2.24, 2.45) is 0 Å². The second-order valence-corrected chi connectivity index (χ2v) is 13.6. The predicted molar refractivity (Wildman–Crippen MR) is 170 cm³/mol. The van der Waals surface area contributed by atoms with Crippen LogP contribution < -0.4 is 10.6 Å². The minimum Gasteiger partial charge on any atom is -0.381 e. The molecule has 2 aromatic carbocycles. The number of carbonyl (C=O) groups is 1. The number of sulfonamides is 1. The van der Waals surface area contributed by atoms with Gasteiger partial charge in [0.1, 0.15) is 0 Å². The molecule has 1 aliphatic heterocycles. The zero-order chi connectivity index (χ0) is 30.6. The summed E-state index contributed by atoms with van der Waals surface area (Å²) in [6.07, 6.45) is 4.28. The number of pyridine rings is 1. The van der Waals surface area contributed by atoms with Gasteiger partial charge in [0.25, 0.3) is 5.91 Å². The molecular formula is C31H37BrN6O4S. The summed E-state index contributed by atoms with van der Waals surface area (Å²) in [5.41, 5.74) is 4.64. The lowest BCUT2D eigenvalue weighted by Crippen LogP contribution is -2.30. The number of amides is 1. The van der Waals surface area contributed by atoms with Gasteiger partial charge in [0.05, 0.1) is 22.2 Å². The summed E-state index contributed by atoms with van der Waals surface area (Å²) in [5.74, 6) is -0.366. The number of nitrogens with zero attached hydrogens (tertiary/aromatic N) is 4. The molecule has 1 amide bonds. The zero-order valence-corrected chi connectivity index (χ0v) is 27.0. The Bertz CT molecular complexity index is 1720. The molecule has 4 aromatic rings. The maximum absolute atomic E-state index is 13.4. The van der Waals surface area contributed by atoms with E-state index < -0.39 is 10.0 Å². The average molecular weight is 670 g/mol. The van der Waals surface area contributed by atoms with Gasteiger partial charge in [0.2, 0.25) is 10.0 Å². The van der Waals surface area contributed by atoms with Gasteiger partial charge in [0.15, 0.2) is 5.65 Å². The highest BCUT2D eigenvalue weighted by Gasteiger charge is 2.24. The van der Waals surface area contributed by atoms with E-state index in [1.807, 2.05) is 49.0 Å². The van der Waals surface area contributed by atoms with E-state index in [-0.39, 0.29) is 35.5 Å². The lowest BCUT2D eigenvalue weighted by molar-refractivity contribution is 0.0904. The second-order valence-electron chi connectivity index (χ2n) is 10.6. The highest BCUT2D eigenvalue weighted by molar-refractivity contribution is 9.10. The second kappa shape index (κ2) is 13.5. The first-order valence-corrected chi connectivity index (χ1v) is 16.7. The first-order valence-electron chi connectivity index (χ1n) is 14.5. The summed E-state index contributed by atoms with van der Waals surface area (Å²) in [6, 6.07) is 13.9. The van der Waals surface area contributed by atoms with E-state index in [4.69, 9.17) is 9.72 Å². The molecule has 43 heavy (non-hydrogen) atoms. The lowest BCUT2D eigenvalue weighted by atomic mass is 10.0. The molecule has 0 saturated carbocycles. The number of hydrogen-bond donors (Lipinski definition) is 2. The normalized spacial score (nSPS) is 14.3.